The molecule has 1 aliphatic heterocycles. The molecule has 146 valence electrons. The minimum atomic E-state index is -3.61. The second kappa shape index (κ2) is 7.95. The molecule has 0 atom stereocenters. The summed E-state index contributed by atoms with van der Waals surface area (Å²) in [5, 5.41) is 7.62. The lowest BCUT2D eigenvalue weighted by Crippen LogP contribution is -2.51. The molecule has 1 fully saturated rings. The molecule has 1 aromatic heterocycles. The van der Waals surface area contributed by atoms with Crippen molar-refractivity contribution in [2.75, 3.05) is 31.5 Å². The van der Waals surface area contributed by atoms with Crippen LogP contribution in [0.1, 0.15) is 23.9 Å². The molecule has 0 unspecified atom stereocenters. The van der Waals surface area contributed by atoms with Crippen molar-refractivity contribution in [3.63, 3.8) is 0 Å². The average Bonchev–Trinajstić information content (AvgIpc) is 3.01. The van der Waals surface area contributed by atoms with Gasteiger partial charge in [0, 0.05) is 31.9 Å². The van der Waals surface area contributed by atoms with Gasteiger partial charge < -0.3 is 14.7 Å². The number of piperazine rings is 1. The molecule has 0 aliphatic carbocycles. The molecule has 0 bridgehead atoms. The van der Waals surface area contributed by atoms with Crippen LogP contribution in [0.15, 0.2) is 33.7 Å². The van der Waals surface area contributed by atoms with Gasteiger partial charge in [0.15, 0.2) is 10.9 Å². The highest BCUT2D eigenvalue weighted by Crippen LogP contribution is 2.24. The molecule has 1 aliphatic rings. The Bertz CT molecular complexity index is 912. The van der Waals surface area contributed by atoms with Gasteiger partial charge in [0.25, 0.3) is 0 Å². The molecule has 1 N–H and O–H groups in total. The zero-order chi connectivity index (χ0) is 19.6. The number of thiocarbonyl (C=S) groups is 1. The number of aromatic nitrogens is 1. The number of nitrogens with one attached hydrogen (secondary N) is 1. The lowest BCUT2D eigenvalue weighted by molar-refractivity contribution is 0.268. The standard InChI is InChI=1S/C18H24N4O3S2/c1-4-15-6-5-7-16(12-15)19-18(26)21-8-10-22(11-9-21)27(23,24)17-13(2)20-25-14(17)3/h5-7,12H,4,8-11H2,1-3H3,(H,19,26). The quantitative estimate of drug-likeness (QED) is 0.779. The van der Waals surface area contributed by atoms with E-state index in [1.165, 1.54) is 9.87 Å². The number of aryl methyl sites for hydroxylation is 3. The lowest BCUT2D eigenvalue weighted by atomic mass is 10.1. The first-order valence-electron chi connectivity index (χ1n) is 8.91. The molecule has 3 rings (SSSR count). The third-order valence-corrected chi connectivity index (χ3v) is 7.18. The maximum absolute atomic E-state index is 12.9. The SMILES string of the molecule is CCc1cccc(NC(=S)N2CCN(S(=O)(=O)c3c(C)noc3C)CC2)c1. The zero-order valence-corrected chi connectivity index (χ0v) is 17.4. The normalized spacial score (nSPS) is 15.7. The van der Waals surface area contributed by atoms with E-state index in [1.54, 1.807) is 13.8 Å². The van der Waals surface area contributed by atoms with Crippen LogP contribution >= 0.6 is 12.2 Å². The molecule has 2 heterocycles. The van der Waals surface area contributed by atoms with Gasteiger partial charge in [0.1, 0.15) is 10.6 Å². The number of sulfonamides is 1. The van der Waals surface area contributed by atoms with E-state index in [2.05, 4.69) is 29.5 Å². The third kappa shape index (κ3) is 4.15. The maximum Gasteiger partial charge on any atom is 0.248 e. The predicted octanol–water partition coefficient (Wildman–Crippen LogP) is 2.56. The molecular formula is C18H24N4O3S2. The minimum absolute atomic E-state index is 0.174. The zero-order valence-electron chi connectivity index (χ0n) is 15.7. The van der Waals surface area contributed by atoms with E-state index >= 15 is 0 Å². The largest absolute Gasteiger partial charge is 0.360 e. The Labute approximate surface area is 165 Å². The van der Waals surface area contributed by atoms with Gasteiger partial charge >= 0.3 is 0 Å². The van der Waals surface area contributed by atoms with E-state index in [0.29, 0.717) is 42.7 Å². The van der Waals surface area contributed by atoms with Gasteiger partial charge in [-0.1, -0.05) is 24.2 Å². The van der Waals surface area contributed by atoms with Crippen LogP contribution in [0.25, 0.3) is 0 Å². The van der Waals surface area contributed by atoms with Gasteiger partial charge in [0.2, 0.25) is 10.0 Å². The summed E-state index contributed by atoms with van der Waals surface area (Å²) in [4.78, 5) is 2.17. The Kier molecular flexibility index (Phi) is 5.83. The lowest BCUT2D eigenvalue weighted by Gasteiger charge is -2.35. The van der Waals surface area contributed by atoms with Gasteiger partial charge in [-0.15, -0.1) is 0 Å². The van der Waals surface area contributed by atoms with Crippen molar-refractivity contribution in [1.82, 2.24) is 14.4 Å². The number of hydrogen-bond donors (Lipinski definition) is 1. The average molecular weight is 409 g/mol. The van der Waals surface area contributed by atoms with E-state index in [4.69, 9.17) is 16.7 Å². The molecule has 1 saturated heterocycles. The fraction of sp³-hybridized carbons (Fsp3) is 0.444. The molecule has 2 aromatic rings. The van der Waals surface area contributed by atoms with E-state index in [1.807, 2.05) is 17.0 Å². The molecule has 27 heavy (non-hydrogen) atoms. The van der Waals surface area contributed by atoms with Crippen molar-refractivity contribution in [1.29, 1.82) is 0 Å². The fourth-order valence-electron chi connectivity index (χ4n) is 3.18. The van der Waals surface area contributed by atoms with Crippen LogP contribution in [0.4, 0.5) is 5.69 Å². The summed E-state index contributed by atoms with van der Waals surface area (Å²) in [6, 6.07) is 8.12. The van der Waals surface area contributed by atoms with Crippen molar-refractivity contribution in [2.45, 2.75) is 32.1 Å². The van der Waals surface area contributed by atoms with Crippen molar-refractivity contribution < 1.29 is 12.9 Å². The van der Waals surface area contributed by atoms with E-state index in [9.17, 15) is 8.42 Å². The molecule has 0 radical (unpaired) electrons. The Morgan fingerprint density at radius 1 is 1.26 bits per heavy atom. The molecule has 0 spiro atoms. The Balaban J connectivity index is 1.64. The van der Waals surface area contributed by atoms with Crippen molar-refractivity contribution in [3.8, 4) is 0 Å². The number of anilines is 1. The molecule has 7 nitrogen and oxygen atoms in total. The van der Waals surface area contributed by atoms with Gasteiger partial charge in [-0.05, 0) is 50.2 Å². The topological polar surface area (TPSA) is 78.7 Å². The van der Waals surface area contributed by atoms with E-state index in [0.717, 1.165) is 12.1 Å². The first kappa shape index (κ1) is 19.8. The highest BCUT2D eigenvalue weighted by atomic mass is 32.2. The van der Waals surface area contributed by atoms with Gasteiger partial charge in [-0.25, -0.2) is 8.42 Å². The van der Waals surface area contributed by atoms with Gasteiger partial charge in [0.05, 0.1) is 0 Å². The number of hydrogen-bond acceptors (Lipinski definition) is 5. The van der Waals surface area contributed by atoms with Gasteiger partial charge in [-0.3, -0.25) is 0 Å². The third-order valence-electron chi connectivity index (χ3n) is 4.68. The fourth-order valence-corrected chi connectivity index (χ4v) is 5.19. The van der Waals surface area contributed by atoms with Crippen molar-refractivity contribution in [2.24, 2.45) is 0 Å². The van der Waals surface area contributed by atoms with Gasteiger partial charge in [-0.2, -0.15) is 4.31 Å². The van der Waals surface area contributed by atoms with E-state index < -0.39 is 10.0 Å². The van der Waals surface area contributed by atoms with Crippen LogP contribution in [0.5, 0.6) is 0 Å². The summed E-state index contributed by atoms with van der Waals surface area (Å²) in [7, 11) is -3.61. The van der Waals surface area contributed by atoms with E-state index in [-0.39, 0.29) is 4.90 Å². The first-order valence-corrected chi connectivity index (χ1v) is 10.8. The second-order valence-electron chi connectivity index (χ2n) is 6.53. The summed E-state index contributed by atoms with van der Waals surface area (Å²) < 4.78 is 32.3. The van der Waals surface area contributed by atoms with Crippen LogP contribution < -0.4 is 5.32 Å². The van der Waals surface area contributed by atoms with Crippen LogP contribution in [0, 0.1) is 13.8 Å². The summed E-state index contributed by atoms with van der Waals surface area (Å²) in [5.74, 6) is 0.322. The highest BCUT2D eigenvalue weighted by Gasteiger charge is 2.33. The van der Waals surface area contributed by atoms with Crippen LogP contribution in [0.3, 0.4) is 0 Å². The molecule has 9 heteroatoms. The summed E-state index contributed by atoms with van der Waals surface area (Å²) in [6.07, 6.45) is 0.959. The van der Waals surface area contributed by atoms with Crippen LogP contribution in [-0.4, -0.2) is 54.1 Å². The van der Waals surface area contributed by atoms with Crippen LogP contribution in [-0.2, 0) is 16.4 Å². The number of rotatable bonds is 4. The first-order chi connectivity index (χ1) is 12.8. The molecule has 0 saturated carbocycles. The smallest absolute Gasteiger partial charge is 0.248 e. The van der Waals surface area contributed by atoms with Crippen LogP contribution in [0.2, 0.25) is 0 Å². The Hall–Kier alpha value is -1.97. The number of benzene rings is 1. The Morgan fingerprint density at radius 2 is 1.96 bits per heavy atom. The summed E-state index contributed by atoms with van der Waals surface area (Å²) in [5.41, 5.74) is 2.58. The molecular weight excluding hydrogens is 384 g/mol. The van der Waals surface area contributed by atoms with Crippen molar-refractivity contribution >= 4 is 33.0 Å². The summed E-state index contributed by atoms with van der Waals surface area (Å²) in [6.45, 7) is 7.15. The van der Waals surface area contributed by atoms with Crippen molar-refractivity contribution in [3.05, 3.63) is 41.3 Å². The molecule has 0 amide bonds. The maximum atomic E-state index is 12.9. The predicted molar refractivity (Wildman–Crippen MR) is 108 cm³/mol. The molecule has 1 aromatic carbocycles. The minimum Gasteiger partial charge on any atom is -0.360 e. The number of nitrogens with zero attached hydrogens (tertiary/aromatic N) is 3. The monoisotopic (exact) mass is 408 g/mol. The second-order valence-corrected chi connectivity index (χ2v) is 8.79. The summed E-state index contributed by atoms with van der Waals surface area (Å²) >= 11 is 5.51. The highest BCUT2D eigenvalue weighted by molar-refractivity contribution is 7.89. The Morgan fingerprint density at radius 3 is 2.56 bits per heavy atom.